The van der Waals surface area contributed by atoms with E-state index in [0.717, 1.165) is 23.0 Å². The molecule has 0 bridgehead atoms. The number of carbonyl (C=O) groups excluding carboxylic acids is 2. The third-order valence-corrected chi connectivity index (χ3v) is 4.67. The summed E-state index contributed by atoms with van der Waals surface area (Å²) in [4.78, 5) is 25.3. The van der Waals surface area contributed by atoms with Gasteiger partial charge in [-0.05, 0) is 42.7 Å². The zero-order valence-electron chi connectivity index (χ0n) is 16.6. The summed E-state index contributed by atoms with van der Waals surface area (Å²) in [5, 5.41) is 6.90. The van der Waals surface area contributed by atoms with Gasteiger partial charge in [-0.3, -0.25) is 9.59 Å². The lowest BCUT2D eigenvalue weighted by molar-refractivity contribution is -0.127. The molecule has 0 saturated heterocycles. The third kappa shape index (κ3) is 4.60. The van der Waals surface area contributed by atoms with Crippen LogP contribution in [0.1, 0.15) is 38.8 Å². The molecule has 2 aromatic carbocycles. The maximum atomic E-state index is 13.0. The number of aryl methyl sites for hydroxylation is 1. The van der Waals surface area contributed by atoms with Crippen molar-refractivity contribution in [2.45, 2.75) is 39.8 Å². The van der Waals surface area contributed by atoms with Crippen molar-refractivity contribution < 1.29 is 9.59 Å². The summed E-state index contributed by atoms with van der Waals surface area (Å²) in [7, 11) is 0. The predicted molar refractivity (Wildman–Crippen MR) is 113 cm³/mol. The minimum Gasteiger partial charge on any atom is -0.348 e. The van der Waals surface area contributed by atoms with E-state index in [1.54, 1.807) is 0 Å². The molecule has 5 heteroatoms. The minimum atomic E-state index is -0.733. The first-order valence-corrected chi connectivity index (χ1v) is 9.72. The van der Waals surface area contributed by atoms with Crippen LogP contribution in [0, 0.1) is 5.92 Å². The Balaban J connectivity index is 1.81. The second-order valence-electron chi connectivity index (χ2n) is 7.37. The standard InChI is InChI=1S/C23H27N3O2/c1-4-26-13-12-18-15-19(10-11-20(18)26)24-23(28)22(17-8-6-5-7-9-17)25-21(27)14-16(2)3/h5-13,15-16,22H,4,14H2,1-3H3,(H,24,28)(H,25,27). The molecule has 5 nitrogen and oxygen atoms in total. The molecule has 1 aromatic heterocycles. The van der Waals surface area contributed by atoms with Gasteiger partial charge in [0.2, 0.25) is 5.91 Å². The number of rotatable bonds is 7. The van der Waals surface area contributed by atoms with E-state index in [4.69, 9.17) is 0 Å². The van der Waals surface area contributed by atoms with Crippen LogP contribution in [-0.4, -0.2) is 16.4 Å². The van der Waals surface area contributed by atoms with Crippen LogP contribution in [0.25, 0.3) is 10.9 Å². The number of fused-ring (bicyclic) bond motifs is 1. The van der Waals surface area contributed by atoms with Crippen LogP contribution in [0.2, 0.25) is 0 Å². The number of carbonyl (C=O) groups is 2. The number of anilines is 1. The van der Waals surface area contributed by atoms with Gasteiger partial charge >= 0.3 is 0 Å². The molecule has 3 rings (SSSR count). The maximum Gasteiger partial charge on any atom is 0.251 e. The molecule has 0 saturated carbocycles. The van der Waals surface area contributed by atoms with Crippen LogP contribution in [0.3, 0.4) is 0 Å². The molecular weight excluding hydrogens is 350 g/mol. The van der Waals surface area contributed by atoms with Crippen LogP contribution in [0.4, 0.5) is 5.69 Å². The smallest absolute Gasteiger partial charge is 0.251 e. The molecule has 2 amide bonds. The molecule has 0 radical (unpaired) electrons. The second-order valence-corrected chi connectivity index (χ2v) is 7.37. The van der Waals surface area contributed by atoms with Gasteiger partial charge < -0.3 is 15.2 Å². The first kappa shape index (κ1) is 19.7. The largest absolute Gasteiger partial charge is 0.348 e. The number of benzene rings is 2. The van der Waals surface area contributed by atoms with Crippen LogP contribution in [0.15, 0.2) is 60.8 Å². The molecule has 0 aliphatic carbocycles. The molecule has 28 heavy (non-hydrogen) atoms. The van der Waals surface area contributed by atoms with E-state index in [9.17, 15) is 9.59 Å². The zero-order chi connectivity index (χ0) is 20.1. The van der Waals surface area contributed by atoms with Gasteiger partial charge in [0.25, 0.3) is 5.91 Å². The quantitative estimate of drug-likeness (QED) is 0.637. The van der Waals surface area contributed by atoms with Gasteiger partial charge in [0.15, 0.2) is 0 Å². The highest BCUT2D eigenvalue weighted by Crippen LogP contribution is 2.22. The van der Waals surface area contributed by atoms with E-state index < -0.39 is 6.04 Å². The molecule has 3 aromatic rings. The molecule has 146 valence electrons. The fraction of sp³-hybridized carbons (Fsp3) is 0.304. The van der Waals surface area contributed by atoms with Crippen LogP contribution < -0.4 is 10.6 Å². The SMILES string of the molecule is CCn1ccc2cc(NC(=O)C(NC(=O)CC(C)C)c3ccccc3)ccc21. The Kier molecular flexibility index (Phi) is 6.14. The molecule has 0 aliphatic heterocycles. The highest BCUT2D eigenvalue weighted by Gasteiger charge is 2.23. The fourth-order valence-corrected chi connectivity index (χ4v) is 3.30. The Morgan fingerprint density at radius 2 is 1.79 bits per heavy atom. The Morgan fingerprint density at radius 1 is 1.04 bits per heavy atom. The maximum absolute atomic E-state index is 13.0. The molecule has 0 spiro atoms. The normalized spacial score (nSPS) is 12.1. The first-order valence-electron chi connectivity index (χ1n) is 9.72. The van der Waals surface area contributed by atoms with Gasteiger partial charge in [-0.1, -0.05) is 44.2 Å². The topological polar surface area (TPSA) is 63.1 Å². The summed E-state index contributed by atoms with van der Waals surface area (Å²) >= 11 is 0. The molecule has 0 fully saturated rings. The Hall–Kier alpha value is -3.08. The third-order valence-electron chi connectivity index (χ3n) is 4.67. The van der Waals surface area contributed by atoms with Crippen LogP contribution in [-0.2, 0) is 16.1 Å². The molecule has 1 heterocycles. The summed E-state index contributed by atoms with van der Waals surface area (Å²) in [6.07, 6.45) is 2.42. The Morgan fingerprint density at radius 3 is 2.46 bits per heavy atom. The summed E-state index contributed by atoms with van der Waals surface area (Å²) < 4.78 is 2.15. The lowest BCUT2D eigenvalue weighted by atomic mass is 10.0. The number of nitrogens with one attached hydrogen (secondary N) is 2. The molecule has 0 aliphatic rings. The van der Waals surface area contributed by atoms with E-state index in [0.29, 0.717) is 12.1 Å². The van der Waals surface area contributed by atoms with Gasteiger partial charge in [0.1, 0.15) is 6.04 Å². The van der Waals surface area contributed by atoms with Crippen molar-refractivity contribution in [3.63, 3.8) is 0 Å². The monoisotopic (exact) mass is 377 g/mol. The zero-order valence-corrected chi connectivity index (χ0v) is 16.6. The van der Waals surface area contributed by atoms with Gasteiger partial charge in [0, 0.05) is 35.8 Å². The van der Waals surface area contributed by atoms with Gasteiger partial charge in [-0.15, -0.1) is 0 Å². The van der Waals surface area contributed by atoms with E-state index >= 15 is 0 Å². The Labute approximate surface area is 165 Å². The van der Waals surface area contributed by atoms with Crippen molar-refractivity contribution in [2.24, 2.45) is 5.92 Å². The molecule has 2 N–H and O–H groups in total. The summed E-state index contributed by atoms with van der Waals surface area (Å²) in [6, 6.07) is 16.5. The number of aromatic nitrogens is 1. The average Bonchev–Trinajstić information content (AvgIpc) is 3.08. The van der Waals surface area contributed by atoms with Crippen LogP contribution in [0.5, 0.6) is 0 Å². The first-order chi connectivity index (χ1) is 13.5. The van der Waals surface area contributed by atoms with Gasteiger partial charge in [-0.25, -0.2) is 0 Å². The van der Waals surface area contributed by atoms with E-state index in [1.165, 1.54) is 0 Å². The van der Waals surface area contributed by atoms with Crippen molar-refractivity contribution >= 4 is 28.4 Å². The molecule has 1 unspecified atom stereocenters. The van der Waals surface area contributed by atoms with Crippen molar-refractivity contribution in [2.75, 3.05) is 5.32 Å². The lowest BCUT2D eigenvalue weighted by Gasteiger charge is -2.19. The number of hydrogen-bond donors (Lipinski definition) is 2. The van der Waals surface area contributed by atoms with Crippen LogP contribution >= 0.6 is 0 Å². The van der Waals surface area contributed by atoms with Crippen molar-refractivity contribution in [1.29, 1.82) is 0 Å². The van der Waals surface area contributed by atoms with Gasteiger partial charge in [-0.2, -0.15) is 0 Å². The number of hydrogen-bond acceptors (Lipinski definition) is 2. The van der Waals surface area contributed by atoms with Gasteiger partial charge in [0.05, 0.1) is 0 Å². The average molecular weight is 377 g/mol. The lowest BCUT2D eigenvalue weighted by Crippen LogP contribution is -2.37. The number of nitrogens with zero attached hydrogens (tertiary/aromatic N) is 1. The number of amides is 2. The second kappa shape index (κ2) is 8.74. The Bertz CT molecular complexity index is 960. The van der Waals surface area contributed by atoms with Crippen molar-refractivity contribution in [1.82, 2.24) is 9.88 Å². The van der Waals surface area contributed by atoms with Crippen molar-refractivity contribution in [3.05, 3.63) is 66.4 Å². The summed E-state index contributed by atoms with van der Waals surface area (Å²) in [5.41, 5.74) is 2.60. The molecular formula is C23H27N3O2. The summed E-state index contributed by atoms with van der Waals surface area (Å²) in [6.45, 7) is 6.95. The highest BCUT2D eigenvalue weighted by molar-refractivity contribution is 5.99. The van der Waals surface area contributed by atoms with E-state index in [1.807, 2.05) is 74.6 Å². The van der Waals surface area contributed by atoms with E-state index in [-0.39, 0.29) is 17.7 Å². The fourth-order valence-electron chi connectivity index (χ4n) is 3.30. The van der Waals surface area contributed by atoms with E-state index in [2.05, 4.69) is 22.1 Å². The highest BCUT2D eigenvalue weighted by atomic mass is 16.2. The summed E-state index contributed by atoms with van der Waals surface area (Å²) in [5.74, 6) is -0.156. The van der Waals surface area contributed by atoms with Crippen molar-refractivity contribution in [3.8, 4) is 0 Å². The minimum absolute atomic E-state index is 0.130. The molecule has 1 atom stereocenters. The predicted octanol–water partition coefficient (Wildman–Crippen LogP) is 4.50.